The molecule has 0 spiro atoms. The van der Waals surface area contributed by atoms with Crippen LogP contribution in [0.2, 0.25) is 0 Å². The first kappa shape index (κ1) is 41.8. The van der Waals surface area contributed by atoms with Crippen molar-refractivity contribution in [3.8, 4) is 0 Å². The Balaban J connectivity index is 0.729. The van der Waals surface area contributed by atoms with Crippen molar-refractivity contribution in [1.29, 1.82) is 0 Å². The highest BCUT2D eigenvalue weighted by molar-refractivity contribution is 6.08. The molecule has 3 aliphatic heterocycles. The van der Waals surface area contributed by atoms with E-state index in [0.29, 0.717) is 55.4 Å². The molecule has 7 heterocycles. The first-order valence-corrected chi connectivity index (χ1v) is 21.8. The monoisotopic (exact) mass is 857 g/mol. The maximum atomic E-state index is 14.2. The molecule has 330 valence electrons. The summed E-state index contributed by atoms with van der Waals surface area (Å²) in [5, 5.41) is 23.5. The number of anilines is 2. The first-order valence-electron chi connectivity index (χ1n) is 21.8. The molecule has 3 saturated heterocycles. The highest BCUT2D eigenvalue weighted by Crippen LogP contribution is 2.36. The van der Waals surface area contributed by atoms with E-state index in [4.69, 9.17) is 4.74 Å². The normalized spacial score (nSPS) is 23.0. The minimum Gasteiger partial charge on any atom is -0.391 e. The van der Waals surface area contributed by atoms with Gasteiger partial charge in [-0.2, -0.15) is 10.2 Å². The molecular weight excluding hydrogens is 805 g/mol. The maximum absolute atomic E-state index is 14.2. The van der Waals surface area contributed by atoms with E-state index >= 15 is 0 Å². The van der Waals surface area contributed by atoms with E-state index in [1.165, 1.54) is 21.5 Å². The fourth-order valence-electron chi connectivity index (χ4n) is 9.86. The lowest BCUT2D eigenvalue weighted by molar-refractivity contribution is -0.135. The lowest BCUT2D eigenvalue weighted by Gasteiger charge is -2.36. The number of halogens is 2. The predicted molar refractivity (Wildman–Crippen MR) is 224 cm³/mol. The Kier molecular flexibility index (Phi) is 11.9. The van der Waals surface area contributed by atoms with Crippen LogP contribution in [-0.2, 0) is 27.8 Å². The van der Waals surface area contributed by atoms with Crippen LogP contribution in [0.15, 0.2) is 47.7 Å². The number of imidazole rings is 1. The lowest BCUT2D eigenvalue weighted by Crippen LogP contribution is -2.44. The van der Waals surface area contributed by atoms with Crippen LogP contribution in [0.1, 0.15) is 104 Å². The van der Waals surface area contributed by atoms with E-state index < -0.39 is 36.1 Å². The second-order valence-corrected chi connectivity index (χ2v) is 17.3. The summed E-state index contributed by atoms with van der Waals surface area (Å²) in [4.78, 5) is 60.1. The number of rotatable bonds is 13. The molecule has 4 aromatic heterocycles. The summed E-state index contributed by atoms with van der Waals surface area (Å²) in [7, 11) is 1.72. The van der Waals surface area contributed by atoms with Crippen LogP contribution in [0.25, 0.3) is 16.7 Å². The first-order chi connectivity index (χ1) is 30.0. The number of aliphatic hydroxyl groups excluding tert-OH is 1. The number of fused-ring (bicyclic) bond motifs is 2. The zero-order valence-corrected chi connectivity index (χ0v) is 34.8. The Hall–Kier alpha value is -5.53. The van der Waals surface area contributed by atoms with E-state index in [9.17, 15) is 33.1 Å². The molecule has 9 rings (SSSR count). The van der Waals surface area contributed by atoms with Crippen molar-refractivity contribution >= 4 is 45.9 Å². The van der Waals surface area contributed by atoms with Gasteiger partial charge >= 0.3 is 5.69 Å². The Labute approximate surface area is 356 Å². The summed E-state index contributed by atoms with van der Waals surface area (Å²) < 4.78 is 41.0. The molecule has 17 nitrogen and oxygen atoms in total. The average Bonchev–Trinajstić information content (AvgIpc) is 4.06. The molecule has 1 unspecified atom stereocenters. The summed E-state index contributed by atoms with van der Waals surface area (Å²) in [5.41, 5.74) is 2.19. The molecular formula is C43H53F2N11O6. The molecule has 62 heavy (non-hydrogen) atoms. The van der Waals surface area contributed by atoms with Crippen LogP contribution in [0, 0.1) is 5.92 Å². The minimum atomic E-state index is -2.87. The van der Waals surface area contributed by atoms with E-state index in [1.807, 2.05) is 23.1 Å². The Morgan fingerprint density at radius 1 is 1.03 bits per heavy atom. The van der Waals surface area contributed by atoms with E-state index in [0.717, 1.165) is 82.1 Å². The SMILES string of the molecule is Cn1c(=O)n(C2CCC(=O)NC2=O)c2cccc(CCCOC3CCN(CC4CCC(n5cc(NC(=O)c6cnn7ccc(N8CC[C@@H](O)C8)nc67)c(C(F)F)n5)CC4)CC3)c21. The minimum absolute atomic E-state index is 0.0265. The van der Waals surface area contributed by atoms with Gasteiger partial charge in [0.25, 0.3) is 12.3 Å². The maximum Gasteiger partial charge on any atom is 0.329 e. The van der Waals surface area contributed by atoms with Crippen molar-refractivity contribution in [2.45, 2.75) is 101 Å². The van der Waals surface area contributed by atoms with Crippen molar-refractivity contribution in [2.24, 2.45) is 13.0 Å². The number of nitrogens with zero attached hydrogens (tertiary/aromatic N) is 9. The molecule has 4 aliphatic rings. The summed E-state index contributed by atoms with van der Waals surface area (Å²) >= 11 is 0. The topological polar surface area (TPSA) is 186 Å². The van der Waals surface area contributed by atoms with Gasteiger partial charge in [0.1, 0.15) is 17.4 Å². The third kappa shape index (κ3) is 8.49. The van der Waals surface area contributed by atoms with Gasteiger partial charge in [0.05, 0.1) is 41.2 Å². The number of ether oxygens (including phenoxy) is 1. The molecule has 5 aromatic rings. The largest absolute Gasteiger partial charge is 0.391 e. The number of nitrogens with one attached hydrogen (secondary N) is 2. The fraction of sp³-hybridized carbons (Fsp3) is 0.558. The lowest BCUT2D eigenvalue weighted by atomic mass is 9.85. The molecule has 19 heteroatoms. The van der Waals surface area contributed by atoms with Crippen molar-refractivity contribution in [3.63, 3.8) is 0 Å². The molecule has 0 radical (unpaired) electrons. The van der Waals surface area contributed by atoms with Crippen LogP contribution in [0.3, 0.4) is 0 Å². The number of likely N-dealkylation sites (tertiary alicyclic amines) is 1. The van der Waals surface area contributed by atoms with Crippen LogP contribution >= 0.6 is 0 Å². The van der Waals surface area contributed by atoms with Crippen molar-refractivity contribution < 1.29 is 33.0 Å². The molecule has 3 N–H and O–H groups in total. The van der Waals surface area contributed by atoms with Gasteiger partial charge in [0, 0.05) is 65.2 Å². The summed E-state index contributed by atoms with van der Waals surface area (Å²) in [5.74, 6) is -0.264. The van der Waals surface area contributed by atoms with Gasteiger partial charge in [0.15, 0.2) is 11.3 Å². The zero-order valence-electron chi connectivity index (χ0n) is 34.8. The molecule has 4 fully saturated rings. The molecule has 2 atom stereocenters. The van der Waals surface area contributed by atoms with E-state index in [2.05, 4.69) is 30.7 Å². The number of carbonyl (C=O) groups is 3. The van der Waals surface area contributed by atoms with Crippen LogP contribution < -0.4 is 21.2 Å². The number of imide groups is 1. The van der Waals surface area contributed by atoms with Gasteiger partial charge < -0.3 is 25.0 Å². The van der Waals surface area contributed by atoms with Gasteiger partial charge in [-0.15, -0.1) is 0 Å². The molecule has 3 amide bonds. The highest BCUT2D eigenvalue weighted by atomic mass is 19.3. The summed E-state index contributed by atoms with van der Waals surface area (Å²) in [6.45, 7) is 4.56. The van der Waals surface area contributed by atoms with Gasteiger partial charge in [-0.25, -0.2) is 23.1 Å². The van der Waals surface area contributed by atoms with Crippen LogP contribution in [0.4, 0.5) is 20.3 Å². The number of benzene rings is 1. The standard InChI is InChI=1S/C43H53F2N11O6/c1-51-38-27(4-2-6-33(38)56(43(51)61)34-11-12-36(58)49-42(34)60)5-3-21-62-30-14-17-52(18-15-30)23-26-7-9-28(10-8-26)55-25-32(37(50-55)39(44)45)47-41(59)31-22-46-54-20-16-35(48-40(31)54)53-19-13-29(57)24-53/h2,4,6,16,20,22,25-26,28-30,34,39,57H,3,5,7-15,17-19,21,23-24H2,1H3,(H,47,59)(H,49,58,60)/t26?,28?,29-,34?/m1/s1. The number of piperidine rings is 2. The van der Waals surface area contributed by atoms with E-state index in [-0.39, 0.29) is 41.4 Å². The number of alkyl halides is 2. The molecule has 0 bridgehead atoms. The Morgan fingerprint density at radius 2 is 1.84 bits per heavy atom. The zero-order chi connectivity index (χ0) is 43.1. The second kappa shape index (κ2) is 17.7. The van der Waals surface area contributed by atoms with Crippen molar-refractivity contribution in [2.75, 3.05) is 49.5 Å². The summed E-state index contributed by atoms with van der Waals surface area (Å²) in [6, 6.07) is 6.77. The van der Waals surface area contributed by atoms with Crippen molar-refractivity contribution in [3.05, 3.63) is 70.2 Å². The second-order valence-electron chi connectivity index (χ2n) is 17.3. The van der Waals surface area contributed by atoms with Crippen LogP contribution in [-0.4, -0.2) is 113 Å². The Morgan fingerprint density at radius 3 is 2.58 bits per heavy atom. The number of carbonyl (C=O) groups excluding carboxylic acids is 3. The quantitative estimate of drug-likeness (QED) is 0.114. The third-order valence-corrected chi connectivity index (χ3v) is 13.2. The van der Waals surface area contributed by atoms with Crippen molar-refractivity contribution in [1.82, 2.24) is 43.7 Å². The van der Waals surface area contributed by atoms with Gasteiger partial charge in [-0.1, -0.05) is 12.1 Å². The number of β-amino-alcohol motifs (C(OH)–C–C–N with tert-alkyl or cyclic N) is 1. The van der Waals surface area contributed by atoms with E-state index in [1.54, 1.807) is 28.6 Å². The predicted octanol–water partition coefficient (Wildman–Crippen LogP) is 4.16. The number of amides is 3. The van der Waals surface area contributed by atoms with Gasteiger partial charge in [0.2, 0.25) is 11.8 Å². The highest BCUT2D eigenvalue weighted by Gasteiger charge is 2.33. The molecule has 1 aliphatic carbocycles. The molecule has 1 aromatic carbocycles. The number of hydrogen-bond acceptors (Lipinski definition) is 11. The summed E-state index contributed by atoms with van der Waals surface area (Å²) in [6.07, 6.45) is 9.47. The number of aryl methyl sites for hydroxylation is 2. The Bertz CT molecular complexity index is 2520. The average molecular weight is 858 g/mol. The fourth-order valence-corrected chi connectivity index (χ4v) is 9.86. The third-order valence-electron chi connectivity index (χ3n) is 13.2. The van der Waals surface area contributed by atoms with Gasteiger partial charge in [-0.3, -0.25) is 33.5 Å². The number of hydrogen-bond donors (Lipinski definition) is 3. The van der Waals surface area contributed by atoms with Crippen LogP contribution in [0.5, 0.6) is 0 Å². The smallest absolute Gasteiger partial charge is 0.329 e. The number of aromatic nitrogens is 7. The van der Waals surface area contributed by atoms with Gasteiger partial charge in [-0.05, 0) is 87.8 Å². The number of para-hydroxylation sites is 1. The molecule has 1 saturated carbocycles. The number of aliphatic hydroxyl groups is 1.